The Morgan fingerprint density at radius 2 is 1.07 bits per heavy atom. The molecule has 4 aliphatic rings. The minimum absolute atomic E-state index is 0. The number of carboxylic acid groups (broad SMARTS) is 2. The molecule has 8 heteroatoms. The molecule has 0 unspecified atom stereocenters. The average molecular weight is 557 g/mol. The third kappa shape index (κ3) is 10.4. The van der Waals surface area contributed by atoms with Gasteiger partial charge in [0.25, 0.3) is 0 Å². The number of carbonyl (C=O) groups is 2. The lowest BCUT2D eigenvalue weighted by molar-refractivity contribution is -0.143. The van der Waals surface area contributed by atoms with Crippen LogP contribution in [0, 0.1) is 57.2 Å². The summed E-state index contributed by atoms with van der Waals surface area (Å²) in [6, 6.07) is 4.47. The molecule has 0 aromatic carbocycles. The highest BCUT2D eigenvalue weighted by Crippen LogP contribution is 2.60. The van der Waals surface area contributed by atoms with E-state index in [9.17, 15) is 9.59 Å². The summed E-state index contributed by atoms with van der Waals surface area (Å²) in [7, 11) is 0. The van der Waals surface area contributed by atoms with Crippen molar-refractivity contribution in [3.05, 3.63) is 23.3 Å². The van der Waals surface area contributed by atoms with E-state index >= 15 is 0 Å². The van der Waals surface area contributed by atoms with E-state index in [-0.39, 0.29) is 35.8 Å². The van der Waals surface area contributed by atoms with Crippen molar-refractivity contribution in [3.8, 4) is 12.1 Å². The van der Waals surface area contributed by atoms with Crippen molar-refractivity contribution in [1.29, 1.82) is 10.5 Å². The summed E-state index contributed by atoms with van der Waals surface area (Å²) in [6.07, 6.45) is 10.0. The standard InChI is InChI=1S/2C12H15NO2.2C4H11N/c2*1-2-8-3-9-5-12(7-13,6-11(14)15)10(9)4-8;2*1-4(2,3)5/h2*4,9-10H,2-3,5-6H2,1H3,(H,14,15);2*5H2,1-3H3/t2*9-,10-,12-;;/m11../s1. The van der Waals surface area contributed by atoms with Crippen molar-refractivity contribution >= 4 is 11.9 Å². The van der Waals surface area contributed by atoms with E-state index in [4.69, 9.17) is 32.2 Å². The molecule has 0 heterocycles. The maximum atomic E-state index is 10.7. The van der Waals surface area contributed by atoms with Crippen molar-refractivity contribution in [2.75, 3.05) is 0 Å². The van der Waals surface area contributed by atoms with Crippen LogP contribution >= 0.6 is 0 Å². The largest absolute Gasteiger partial charge is 0.481 e. The fourth-order valence-corrected chi connectivity index (χ4v) is 6.11. The van der Waals surface area contributed by atoms with Gasteiger partial charge in [0.05, 0.1) is 35.8 Å². The van der Waals surface area contributed by atoms with Gasteiger partial charge in [-0.2, -0.15) is 10.5 Å². The van der Waals surface area contributed by atoms with Crippen LogP contribution in [0.2, 0.25) is 0 Å². The number of hydrogen-bond acceptors (Lipinski definition) is 6. The highest BCUT2D eigenvalue weighted by Gasteiger charge is 2.57. The first-order chi connectivity index (χ1) is 18.2. The number of allylic oxidation sites excluding steroid dienone is 4. The van der Waals surface area contributed by atoms with E-state index in [1.165, 1.54) is 11.1 Å². The van der Waals surface area contributed by atoms with Crippen molar-refractivity contribution in [2.45, 2.75) is 118 Å². The van der Waals surface area contributed by atoms with Gasteiger partial charge in [-0.25, -0.2) is 0 Å². The van der Waals surface area contributed by atoms with Gasteiger partial charge in [-0.05, 0) is 104 Å². The van der Waals surface area contributed by atoms with Gasteiger partial charge in [0.15, 0.2) is 0 Å². The number of nitrogens with two attached hydrogens (primary N) is 2. The molecular formula is C32H52N4O4. The summed E-state index contributed by atoms with van der Waals surface area (Å²) in [5.74, 6) is -0.221. The summed E-state index contributed by atoms with van der Waals surface area (Å²) in [4.78, 5) is 21.5. The number of aliphatic carboxylic acids is 2. The van der Waals surface area contributed by atoms with Crippen molar-refractivity contribution < 1.29 is 19.8 Å². The van der Waals surface area contributed by atoms with Gasteiger partial charge < -0.3 is 21.7 Å². The molecule has 2 fully saturated rings. The Morgan fingerprint density at radius 1 is 0.800 bits per heavy atom. The highest BCUT2D eigenvalue weighted by atomic mass is 16.4. The molecule has 0 bridgehead atoms. The molecule has 0 aromatic heterocycles. The van der Waals surface area contributed by atoms with Crippen LogP contribution in [0.3, 0.4) is 0 Å². The van der Waals surface area contributed by atoms with Gasteiger partial charge in [0, 0.05) is 11.1 Å². The highest BCUT2D eigenvalue weighted by molar-refractivity contribution is 5.69. The molecule has 40 heavy (non-hydrogen) atoms. The predicted molar refractivity (Wildman–Crippen MR) is 158 cm³/mol. The number of carboxylic acids is 2. The molecule has 0 radical (unpaired) electrons. The first-order valence-corrected chi connectivity index (χ1v) is 14.5. The van der Waals surface area contributed by atoms with Crippen LogP contribution in [0.25, 0.3) is 0 Å². The van der Waals surface area contributed by atoms with Crippen molar-refractivity contribution in [2.24, 2.45) is 46.0 Å². The Morgan fingerprint density at radius 3 is 1.27 bits per heavy atom. The van der Waals surface area contributed by atoms with E-state index in [0.29, 0.717) is 11.8 Å². The average Bonchev–Trinajstić information content (AvgIpc) is 3.31. The Balaban J connectivity index is 0.000000302. The summed E-state index contributed by atoms with van der Waals surface area (Å²) >= 11 is 0. The zero-order valence-corrected chi connectivity index (χ0v) is 25.9. The van der Waals surface area contributed by atoms with E-state index in [1.807, 2.05) is 41.5 Å². The quantitative estimate of drug-likeness (QED) is 0.280. The second-order valence-corrected chi connectivity index (χ2v) is 14.2. The lowest BCUT2D eigenvalue weighted by Gasteiger charge is -2.46. The molecular weight excluding hydrogens is 504 g/mol. The van der Waals surface area contributed by atoms with Crippen LogP contribution in [0.15, 0.2) is 23.3 Å². The Labute approximate surface area is 241 Å². The van der Waals surface area contributed by atoms with Gasteiger partial charge in [0.2, 0.25) is 0 Å². The van der Waals surface area contributed by atoms with Gasteiger partial charge in [-0.15, -0.1) is 0 Å². The van der Waals surface area contributed by atoms with E-state index < -0.39 is 22.8 Å². The predicted octanol–water partition coefficient (Wildman–Crippen LogP) is 6.18. The second kappa shape index (κ2) is 13.8. The third-order valence-electron chi connectivity index (χ3n) is 7.71. The Bertz CT molecular complexity index is 957. The monoisotopic (exact) mass is 556 g/mol. The normalized spacial score (nSPS) is 31.1. The Hall–Kier alpha value is -2.68. The van der Waals surface area contributed by atoms with Crippen molar-refractivity contribution in [1.82, 2.24) is 0 Å². The van der Waals surface area contributed by atoms with E-state index in [1.54, 1.807) is 0 Å². The molecule has 2 saturated carbocycles. The zero-order valence-electron chi connectivity index (χ0n) is 25.9. The molecule has 0 aliphatic heterocycles. The van der Waals surface area contributed by atoms with Crippen LogP contribution in [0.1, 0.15) is 107 Å². The lowest BCUT2D eigenvalue weighted by atomic mass is 9.54. The van der Waals surface area contributed by atoms with Crippen LogP contribution in [0.5, 0.6) is 0 Å². The first-order valence-electron chi connectivity index (χ1n) is 14.5. The minimum atomic E-state index is -0.853. The third-order valence-corrected chi connectivity index (χ3v) is 7.71. The first kappa shape index (κ1) is 35.3. The molecule has 224 valence electrons. The van der Waals surface area contributed by atoms with Gasteiger partial charge in [-0.3, -0.25) is 9.59 Å². The van der Waals surface area contributed by atoms with Crippen LogP contribution in [-0.2, 0) is 9.59 Å². The number of nitrogens with zero attached hydrogens (tertiary/aromatic N) is 2. The Kier molecular flexibility index (Phi) is 12.2. The van der Waals surface area contributed by atoms with Crippen LogP contribution in [0.4, 0.5) is 0 Å². The number of hydrogen-bond donors (Lipinski definition) is 4. The molecule has 4 aliphatic carbocycles. The van der Waals surface area contributed by atoms with Gasteiger partial charge in [0.1, 0.15) is 0 Å². The molecule has 0 aromatic rings. The number of rotatable bonds is 6. The maximum Gasteiger partial charge on any atom is 0.304 e. The van der Waals surface area contributed by atoms with Crippen LogP contribution in [-0.4, -0.2) is 33.2 Å². The summed E-state index contributed by atoms with van der Waals surface area (Å²) in [6.45, 7) is 16.0. The SMILES string of the molecule is CC(C)(C)N.CC(C)(C)N.CCC1=C[C@@H]2[C@H](C1)C[C@]2(C#N)CC(=O)O.CCC1=C[C@@H]2[C@H](C1)C[C@]2(C#N)CC(=O)O. The molecule has 8 nitrogen and oxygen atoms in total. The molecule has 0 amide bonds. The van der Waals surface area contributed by atoms with Gasteiger partial charge >= 0.3 is 11.9 Å². The summed E-state index contributed by atoms with van der Waals surface area (Å²) in [5, 5.41) is 35.9. The summed E-state index contributed by atoms with van der Waals surface area (Å²) < 4.78 is 0. The molecule has 4 rings (SSSR count). The molecule has 6 N–H and O–H groups in total. The maximum absolute atomic E-state index is 10.7. The lowest BCUT2D eigenvalue weighted by Crippen LogP contribution is -2.45. The fourth-order valence-electron chi connectivity index (χ4n) is 6.11. The van der Waals surface area contributed by atoms with E-state index in [2.05, 4.69) is 38.1 Å². The minimum Gasteiger partial charge on any atom is -0.481 e. The molecule has 0 saturated heterocycles. The van der Waals surface area contributed by atoms with E-state index in [0.717, 1.165) is 38.5 Å². The van der Waals surface area contributed by atoms with Crippen LogP contribution < -0.4 is 11.5 Å². The zero-order chi connectivity index (χ0) is 31.1. The smallest absolute Gasteiger partial charge is 0.304 e. The number of nitriles is 2. The molecule has 6 atom stereocenters. The summed E-state index contributed by atoms with van der Waals surface area (Å²) in [5.41, 5.74) is 12.3. The van der Waals surface area contributed by atoms with Gasteiger partial charge in [-0.1, -0.05) is 37.1 Å². The van der Waals surface area contributed by atoms with Crippen molar-refractivity contribution in [3.63, 3.8) is 0 Å². The fraction of sp³-hybridized carbons (Fsp3) is 0.750. The number of fused-ring (bicyclic) bond motifs is 2. The second-order valence-electron chi connectivity index (χ2n) is 14.2. The topological polar surface area (TPSA) is 174 Å². The molecule has 0 spiro atoms.